The van der Waals surface area contributed by atoms with Gasteiger partial charge in [-0.25, -0.2) is 4.79 Å². The van der Waals surface area contributed by atoms with Crippen molar-refractivity contribution in [3.05, 3.63) is 84.2 Å². The Morgan fingerprint density at radius 3 is 2.53 bits per heavy atom. The molecule has 2 atom stereocenters. The molecule has 0 radical (unpaired) electrons. The van der Waals surface area contributed by atoms with Gasteiger partial charge in [-0.1, -0.05) is 24.3 Å². The Morgan fingerprint density at radius 2 is 1.85 bits per heavy atom. The molecule has 1 aliphatic rings. The van der Waals surface area contributed by atoms with Gasteiger partial charge in [-0.05, 0) is 56.1 Å². The molecule has 0 saturated heterocycles. The van der Waals surface area contributed by atoms with Crippen LogP contribution in [-0.2, 0) is 9.53 Å². The van der Waals surface area contributed by atoms with Gasteiger partial charge in [0.25, 0.3) is 5.91 Å². The van der Waals surface area contributed by atoms with Crippen molar-refractivity contribution in [2.45, 2.75) is 16.2 Å². The summed E-state index contributed by atoms with van der Waals surface area (Å²) in [7, 11) is 5.53. The van der Waals surface area contributed by atoms with E-state index in [4.69, 9.17) is 9.47 Å². The Labute approximate surface area is 203 Å². The summed E-state index contributed by atoms with van der Waals surface area (Å²) < 4.78 is 11.2. The lowest BCUT2D eigenvalue weighted by atomic mass is 10.1. The van der Waals surface area contributed by atoms with Crippen molar-refractivity contribution < 1.29 is 19.1 Å². The van der Waals surface area contributed by atoms with Gasteiger partial charge in [-0.15, -0.1) is 11.8 Å². The smallest absolute Gasteiger partial charge is 0.340 e. The largest absolute Gasteiger partial charge is 0.497 e. The average Bonchev–Trinajstić information content (AvgIpc) is 2.98. The van der Waals surface area contributed by atoms with Crippen LogP contribution in [0.1, 0.15) is 21.2 Å². The number of anilines is 1. The number of aromatic nitrogens is 1. The zero-order valence-corrected chi connectivity index (χ0v) is 20.2. The van der Waals surface area contributed by atoms with Crippen LogP contribution in [0.25, 0.3) is 0 Å². The number of carbonyl (C=O) groups excluding carboxylic acids is 2. The highest BCUT2D eigenvalue weighted by molar-refractivity contribution is 7.99. The predicted molar refractivity (Wildman–Crippen MR) is 132 cm³/mol. The van der Waals surface area contributed by atoms with E-state index in [9.17, 15) is 9.59 Å². The Hall–Kier alpha value is -3.36. The molecule has 0 spiro atoms. The normalized spacial score (nSPS) is 17.8. The van der Waals surface area contributed by atoms with Crippen molar-refractivity contribution in [2.75, 3.05) is 39.2 Å². The number of rotatable bonds is 7. The van der Waals surface area contributed by atoms with Gasteiger partial charge in [0, 0.05) is 30.4 Å². The van der Waals surface area contributed by atoms with Crippen molar-refractivity contribution >= 4 is 29.3 Å². The summed E-state index contributed by atoms with van der Waals surface area (Å²) in [4.78, 5) is 35.7. The number of benzene rings is 2. The van der Waals surface area contributed by atoms with Gasteiger partial charge in [0.15, 0.2) is 6.10 Å². The fourth-order valence-electron chi connectivity index (χ4n) is 3.73. The van der Waals surface area contributed by atoms with Gasteiger partial charge in [0.2, 0.25) is 0 Å². The second kappa shape index (κ2) is 10.7. The average molecular weight is 478 g/mol. The molecule has 0 saturated carbocycles. The number of pyridine rings is 1. The molecule has 1 amide bonds. The summed E-state index contributed by atoms with van der Waals surface area (Å²) in [5.41, 5.74) is 1.99. The predicted octanol–water partition coefficient (Wildman–Crippen LogP) is 4.06. The molecule has 0 N–H and O–H groups in total. The van der Waals surface area contributed by atoms with Crippen molar-refractivity contribution in [1.82, 2.24) is 9.88 Å². The molecule has 0 bridgehead atoms. The van der Waals surface area contributed by atoms with Crippen LogP contribution < -0.4 is 9.64 Å². The number of thioether (sulfide) groups is 1. The number of hydrogen-bond donors (Lipinski definition) is 0. The van der Waals surface area contributed by atoms with Gasteiger partial charge in [-0.2, -0.15) is 0 Å². The lowest BCUT2D eigenvalue weighted by Crippen LogP contribution is -2.45. The van der Waals surface area contributed by atoms with E-state index in [0.717, 1.165) is 16.1 Å². The quantitative estimate of drug-likeness (QED) is 0.475. The summed E-state index contributed by atoms with van der Waals surface area (Å²) in [5, 5.41) is -0.440. The maximum atomic E-state index is 14.0. The Balaban J connectivity index is 1.76. The van der Waals surface area contributed by atoms with E-state index in [1.165, 1.54) is 18.0 Å². The standard InChI is InChI=1S/C26H27N3O4S/c1-28(2)15-16-29-21-8-4-5-9-22(21)34-24(18-10-12-20(32-3)13-11-18)23(25(29)30)33-26(31)19-7-6-14-27-17-19/h4-14,17,23-24H,15-16H2,1-3H3/t23-,24+/m0/s1. The summed E-state index contributed by atoms with van der Waals surface area (Å²) in [6, 6.07) is 18.6. The third-order valence-electron chi connectivity index (χ3n) is 5.54. The van der Waals surface area contributed by atoms with Gasteiger partial charge in [0.1, 0.15) is 5.75 Å². The van der Waals surface area contributed by atoms with Crippen LogP contribution in [0.4, 0.5) is 5.69 Å². The molecule has 0 fully saturated rings. The summed E-state index contributed by atoms with van der Waals surface area (Å²) in [6.07, 6.45) is 2.00. The fraction of sp³-hybridized carbons (Fsp3) is 0.269. The first kappa shape index (κ1) is 23.8. The summed E-state index contributed by atoms with van der Waals surface area (Å²) >= 11 is 1.52. The van der Waals surface area contributed by atoms with E-state index in [2.05, 4.69) is 4.98 Å². The highest BCUT2D eigenvalue weighted by Crippen LogP contribution is 2.47. The molecular weight excluding hydrogens is 450 g/mol. The lowest BCUT2D eigenvalue weighted by molar-refractivity contribution is -0.127. The maximum Gasteiger partial charge on any atom is 0.340 e. The van der Waals surface area contributed by atoms with Crippen LogP contribution in [0.2, 0.25) is 0 Å². The molecule has 4 rings (SSSR count). The third-order valence-corrected chi connectivity index (χ3v) is 6.91. The number of esters is 1. The first-order valence-electron chi connectivity index (χ1n) is 10.9. The van der Waals surface area contributed by atoms with Crippen molar-refractivity contribution in [1.29, 1.82) is 0 Å². The molecule has 2 heterocycles. The van der Waals surface area contributed by atoms with E-state index >= 15 is 0 Å². The summed E-state index contributed by atoms with van der Waals surface area (Å²) in [6.45, 7) is 1.14. The molecule has 0 unspecified atom stereocenters. The SMILES string of the molecule is COc1ccc([C@H]2Sc3ccccc3N(CCN(C)C)C(=O)[C@H]2OC(=O)c2cccnc2)cc1. The first-order valence-corrected chi connectivity index (χ1v) is 11.8. The van der Waals surface area contributed by atoms with Gasteiger partial charge < -0.3 is 19.3 Å². The molecule has 0 aliphatic carbocycles. The van der Waals surface area contributed by atoms with Crippen LogP contribution in [0.5, 0.6) is 5.75 Å². The second-order valence-corrected chi connectivity index (χ2v) is 9.32. The number of methoxy groups -OCH3 is 1. The van der Waals surface area contributed by atoms with E-state index in [1.807, 2.05) is 67.5 Å². The van der Waals surface area contributed by atoms with E-state index in [0.29, 0.717) is 24.4 Å². The summed E-state index contributed by atoms with van der Waals surface area (Å²) in [5.74, 6) is -0.118. The highest BCUT2D eigenvalue weighted by Gasteiger charge is 2.41. The van der Waals surface area contributed by atoms with Gasteiger partial charge >= 0.3 is 5.97 Å². The topological polar surface area (TPSA) is 72.0 Å². The maximum absolute atomic E-state index is 14.0. The van der Waals surface area contributed by atoms with Crippen molar-refractivity contribution in [3.8, 4) is 5.75 Å². The van der Waals surface area contributed by atoms with Gasteiger partial charge in [0.05, 0.1) is 23.6 Å². The number of likely N-dealkylation sites (N-methyl/N-ethyl adjacent to an activating group) is 1. The van der Waals surface area contributed by atoms with Crippen LogP contribution in [-0.4, -0.2) is 62.2 Å². The van der Waals surface area contributed by atoms with E-state index in [-0.39, 0.29) is 5.91 Å². The Kier molecular flexibility index (Phi) is 7.49. The van der Waals surface area contributed by atoms with Crippen LogP contribution in [0, 0.1) is 0 Å². The monoisotopic (exact) mass is 477 g/mol. The van der Waals surface area contributed by atoms with Crippen LogP contribution in [0.15, 0.2) is 78.0 Å². The highest BCUT2D eigenvalue weighted by atomic mass is 32.2. The number of fused-ring (bicyclic) bond motifs is 1. The molecular formula is C26H27N3O4S. The molecule has 2 aromatic carbocycles. The van der Waals surface area contributed by atoms with Crippen molar-refractivity contribution in [2.24, 2.45) is 0 Å². The number of carbonyl (C=O) groups is 2. The molecule has 176 valence electrons. The Morgan fingerprint density at radius 1 is 1.09 bits per heavy atom. The number of hydrogen-bond acceptors (Lipinski definition) is 7. The third kappa shape index (κ3) is 5.24. The number of nitrogens with zero attached hydrogens (tertiary/aromatic N) is 3. The van der Waals surface area contributed by atoms with Crippen LogP contribution >= 0.6 is 11.8 Å². The fourth-order valence-corrected chi connectivity index (χ4v) is 5.04. The first-order chi connectivity index (χ1) is 16.5. The van der Waals surface area contributed by atoms with E-state index in [1.54, 1.807) is 30.3 Å². The number of para-hydroxylation sites is 1. The number of amides is 1. The Bertz CT molecular complexity index is 1140. The zero-order chi connectivity index (χ0) is 24.1. The number of ether oxygens (including phenoxy) is 2. The lowest BCUT2D eigenvalue weighted by Gasteiger charge is -2.28. The molecule has 7 nitrogen and oxygen atoms in total. The zero-order valence-electron chi connectivity index (χ0n) is 19.4. The minimum atomic E-state index is -1.03. The molecule has 1 aliphatic heterocycles. The second-order valence-electron chi connectivity index (χ2n) is 8.14. The minimum Gasteiger partial charge on any atom is -0.497 e. The molecule has 8 heteroatoms. The van der Waals surface area contributed by atoms with Crippen LogP contribution in [0.3, 0.4) is 0 Å². The van der Waals surface area contributed by atoms with Crippen molar-refractivity contribution in [3.63, 3.8) is 0 Å². The minimum absolute atomic E-state index is 0.252. The molecule has 1 aromatic heterocycles. The van der Waals surface area contributed by atoms with Gasteiger partial charge in [-0.3, -0.25) is 9.78 Å². The molecule has 34 heavy (non-hydrogen) atoms. The van der Waals surface area contributed by atoms with E-state index < -0.39 is 17.3 Å². The molecule has 3 aromatic rings.